The Bertz CT molecular complexity index is 290. The number of Topliss-reactive ketones (excluding diaryl/α,β-unsaturated/α-hetero) is 1. The summed E-state index contributed by atoms with van der Waals surface area (Å²) >= 11 is 0. The van der Waals surface area contributed by atoms with Gasteiger partial charge in [0.05, 0.1) is 13.1 Å². The van der Waals surface area contributed by atoms with E-state index in [1.54, 1.807) is 0 Å². The molecule has 0 aromatic rings. The van der Waals surface area contributed by atoms with E-state index in [2.05, 4.69) is 0 Å². The van der Waals surface area contributed by atoms with E-state index in [1.165, 1.54) is 11.8 Å². The Kier molecular flexibility index (Phi) is 7.89. The number of carboxylic acid groups (broad SMARTS) is 2. The number of carbonyl (C=O) groups excluding carboxylic acids is 1. The predicted octanol–water partition coefficient (Wildman–Crippen LogP) is -0.456. The summed E-state index contributed by atoms with van der Waals surface area (Å²) in [6.07, 6.45) is 1.54. The van der Waals surface area contributed by atoms with Crippen molar-refractivity contribution in [2.45, 2.75) is 32.2 Å². The average molecular weight is 260 g/mol. The van der Waals surface area contributed by atoms with Crippen LogP contribution in [0.15, 0.2) is 0 Å². The molecule has 0 aromatic heterocycles. The van der Waals surface area contributed by atoms with Crippen LogP contribution >= 0.6 is 0 Å². The molecule has 0 aliphatic rings. The van der Waals surface area contributed by atoms with Gasteiger partial charge in [0.2, 0.25) is 0 Å². The maximum atomic E-state index is 10.9. The molecule has 0 fully saturated rings. The van der Waals surface area contributed by atoms with E-state index < -0.39 is 18.0 Å². The topological polar surface area (TPSA) is 121 Å². The van der Waals surface area contributed by atoms with Crippen molar-refractivity contribution in [2.24, 2.45) is 5.73 Å². The van der Waals surface area contributed by atoms with Crippen molar-refractivity contribution in [1.29, 1.82) is 0 Å². The molecule has 7 nitrogen and oxygen atoms in total. The Morgan fingerprint density at radius 2 is 1.78 bits per heavy atom. The lowest BCUT2D eigenvalue weighted by Crippen LogP contribution is -2.35. The van der Waals surface area contributed by atoms with E-state index in [-0.39, 0.29) is 18.9 Å². The number of carbonyl (C=O) groups is 3. The van der Waals surface area contributed by atoms with Gasteiger partial charge in [0.15, 0.2) is 0 Å². The van der Waals surface area contributed by atoms with E-state index in [4.69, 9.17) is 15.9 Å². The molecule has 0 aliphatic heterocycles. The van der Waals surface area contributed by atoms with Gasteiger partial charge in [-0.1, -0.05) is 6.42 Å². The van der Waals surface area contributed by atoms with Crippen LogP contribution in [0.5, 0.6) is 0 Å². The van der Waals surface area contributed by atoms with Crippen LogP contribution in [0.25, 0.3) is 0 Å². The van der Waals surface area contributed by atoms with Gasteiger partial charge in [0.25, 0.3) is 0 Å². The van der Waals surface area contributed by atoms with Crippen molar-refractivity contribution in [3.63, 3.8) is 0 Å². The molecular weight excluding hydrogens is 240 g/mol. The van der Waals surface area contributed by atoms with Crippen molar-refractivity contribution in [3.8, 4) is 0 Å². The van der Waals surface area contributed by atoms with Gasteiger partial charge in [0.1, 0.15) is 11.8 Å². The zero-order valence-corrected chi connectivity index (χ0v) is 10.5. The molecule has 18 heavy (non-hydrogen) atoms. The van der Waals surface area contributed by atoms with Gasteiger partial charge in [-0.25, -0.2) is 0 Å². The van der Waals surface area contributed by atoms with Crippen molar-refractivity contribution >= 4 is 17.7 Å². The van der Waals surface area contributed by atoms with Crippen molar-refractivity contribution < 1.29 is 24.6 Å². The number of aliphatic carboxylic acids is 2. The van der Waals surface area contributed by atoms with E-state index in [0.717, 1.165) is 0 Å². The molecule has 0 saturated heterocycles. The highest BCUT2D eigenvalue weighted by Crippen LogP contribution is 2.02. The lowest BCUT2D eigenvalue weighted by atomic mass is 10.1. The zero-order chi connectivity index (χ0) is 14.1. The van der Waals surface area contributed by atoms with Gasteiger partial charge in [-0.15, -0.1) is 0 Å². The molecule has 4 N–H and O–H groups in total. The summed E-state index contributed by atoms with van der Waals surface area (Å²) in [5, 5.41) is 17.2. The predicted molar refractivity (Wildman–Crippen MR) is 64.2 cm³/mol. The normalized spacial score (nSPS) is 12.4. The minimum atomic E-state index is -1.04. The van der Waals surface area contributed by atoms with Crippen LogP contribution in [0, 0.1) is 0 Å². The average Bonchev–Trinajstić information content (AvgIpc) is 2.21. The van der Waals surface area contributed by atoms with Gasteiger partial charge in [-0.2, -0.15) is 0 Å². The molecule has 7 heteroatoms. The summed E-state index contributed by atoms with van der Waals surface area (Å²) in [6, 6.07) is -0.884. The monoisotopic (exact) mass is 260 g/mol. The lowest BCUT2D eigenvalue weighted by Gasteiger charge is -2.18. The van der Waals surface area contributed by atoms with E-state index in [0.29, 0.717) is 25.8 Å². The number of carboxylic acids is 2. The fraction of sp³-hybridized carbons (Fsp3) is 0.727. The molecule has 0 spiro atoms. The number of hydrogen-bond acceptors (Lipinski definition) is 5. The first-order valence-electron chi connectivity index (χ1n) is 5.75. The van der Waals surface area contributed by atoms with E-state index >= 15 is 0 Å². The highest BCUT2D eigenvalue weighted by Gasteiger charge is 2.13. The molecule has 0 aliphatic carbocycles. The Morgan fingerprint density at radius 1 is 1.17 bits per heavy atom. The first-order valence-corrected chi connectivity index (χ1v) is 5.75. The van der Waals surface area contributed by atoms with E-state index in [1.807, 2.05) is 0 Å². The number of ketones is 1. The molecule has 0 unspecified atom stereocenters. The Hall–Kier alpha value is -1.47. The fourth-order valence-corrected chi connectivity index (χ4v) is 1.54. The van der Waals surface area contributed by atoms with Gasteiger partial charge in [-0.3, -0.25) is 19.3 Å². The lowest BCUT2D eigenvalue weighted by molar-refractivity contribution is -0.139. The highest BCUT2D eigenvalue weighted by atomic mass is 16.4. The highest BCUT2D eigenvalue weighted by molar-refractivity contribution is 5.78. The van der Waals surface area contributed by atoms with Crippen molar-refractivity contribution in [2.75, 3.05) is 19.6 Å². The van der Waals surface area contributed by atoms with Crippen molar-refractivity contribution in [1.82, 2.24) is 4.90 Å². The third kappa shape index (κ3) is 8.66. The number of hydrogen-bond donors (Lipinski definition) is 3. The molecule has 104 valence electrons. The fourth-order valence-electron chi connectivity index (χ4n) is 1.54. The summed E-state index contributed by atoms with van der Waals surface area (Å²) in [4.78, 5) is 33.5. The van der Waals surface area contributed by atoms with Gasteiger partial charge in [0, 0.05) is 0 Å². The molecular formula is C11H20N2O5. The molecule has 1 atom stereocenters. The molecule has 0 heterocycles. The van der Waals surface area contributed by atoms with Crippen LogP contribution < -0.4 is 5.73 Å². The number of unbranched alkanes of at least 4 members (excludes halogenated alkanes) is 1. The quantitative estimate of drug-likeness (QED) is 0.454. The summed E-state index contributed by atoms with van der Waals surface area (Å²) in [5.74, 6) is -2.13. The molecule has 0 amide bonds. The van der Waals surface area contributed by atoms with Crippen LogP contribution in [0.3, 0.4) is 0 Å². The number of nitrogens with two attached hydrogens (primary N) is 1. The van der Waals surface area contributed by atoms with Gasteiger partial charge < -0.3 is 15.9 Å². The van der Waals surface area contributed by atoms with Gasteiger partial charge in [-0.05, 0) is 26.3 Å². The molecule has 0 saturated carbocycles. The second-order valence-electron chi connectivity index (χ2n) is 4.25. The second-order valence-corrected chi connectivity index (χ2v) is 4.25. The summed E-state index contributed by atoms with van der Waals surface area (Å²) in [6.45, 7) is 1.75. The molecule has 0 rings (SSSR count). The number of rotatable bonds is 10. The SMILES string of the molecule is CC(=O)CN(CCCC[C@H](N)C(=O)O)CC(=O)O. The first kappa shape index (κ1) is 16.5. The minimum absolute atomic E-state index is 0.0945. The van der Waals surface area contributed by atoms with Gasteiger partial charge >= 0.3 is 11.9 Å². The molecule has 0 bridgehead atoms. The maximum absolute atomic E-state index is 10.9. The second kappa shape index (κ2) is 8.60. The van der Waals surface area contributed by atoms with E-state index in [9.17, 15) is 14.4 Å². The zero-order valence-electron chi connectivity index (χ0n) is 10.5. The van der Waals surface area contributed by atoms with Crippen LogP contribution in [0.1, 0.15) is 26.2 Å². The first-order chi connectivity index (χ1) is 8.32. The van der Waals surface area contributed by atoms with Crippen LogP contribution in [0.4, 0.5) is 0 Å². The van der Waals surface area contributed by atoms with Crippen LogP contribution in [-0.2, 0) is 14.4 Å². The largest absolute Gasteiger partial charge is 0.480 e. The molecule has 0 aromatic carbocycles. The Balaban J connectivity index is 3.92. The number of nitrogens with zero attached hydrogens (tertiary/aromatic N) is 1. The van der Waals surface area contributed by atoms with Crippen molar-refractivity contribution in [3.05, 3.63) is 0 Å². The smallest absolute Gasteiger partial charge is 0.320 e. The third-order valence-corrected chi connectivity index (χ3v) is 2.36. The minimum Gasteiger partial charge on any atom is -0.480 e. The maximum Gasteiger partial charge on any atom is 0.320 e. The third-order valence-electron chi connectivity index (χ3n) is 2.36. The van der Waals surface area contributed by atoms with Crippen LogP contribution in [0.2, 0.25) is 0 Å². The summed E-state index contributed by atoms with van der Waals surface area (Å²) in [5.41, 5.74) is 5.33. The summed E-state index contributed by atoms with van der Waals surface area (Å²) < 4.78 is 0. The molecule has 0 radical (unpaired) electrons. The standard InChI is InChI=1S/C11H20N2O5/c1-8(14)6-13(7-10(15)16)5-3-2-4-9(12)11(17)18/h9H,2-7,12H2,1H3,(H,15,16)(H,17,18)/t9-/m0/s1. The Morgan fingerprint density at radius 3 is 2.22 bits per heavy atom. The summed E-state index contributed by atoms with van der Waals surface area (Å²) in [7, 11) is 0. The Labute approximate surface area is 106 Å². The van der Waals surface area contributed by atoms with Crippen LogP contribution in [-0.4, -0.2) is 58.5 Å².